The molecule has 1 aromatic rings. The van der Waals surface area contributed by atoms with Crippen LogP contribution in [0.4, 0.5) is 0 Å². The van der Waals surface area contributed by atoms with Gasteiger partial charge in [-0.25, -0.2) is 0 Å². The molecule has 20 heavy (non-hydrogen) atoms. The van der Waals surface area contributed by atoms with Gasteiger partial charge in [-0.05, 0) is 24.0 Å². The summed E-state index contributed by atoms with van der Waals surface area (Å²) < 4.78 is 5.48. The lowest BCUT2D eigenvalue weighted by atomic mass is 9.60. The standard InChI is InChI=1S/C17H23NO2/c19-17-14-6-2-1-5-13(14)15(17)7-3-4-8-16(17)18-9-11-20-12-10-18/h1-2,5-6,15-16,19H,3-4,7-12H2/t15-,16-,17-/m1/s1. The third kappa shape index (κ3) is 1.70. The van der Waals surface area contributed by atoms with Crippen molar-refractivity contribution in [2.75, 3.05) is 26.3 Å². The highest BCUT2D eigenvalue weighted by Gasteiger charge is 2.56. The molecule has 1 aromatic carbocycles. The molecule has 1 heterocycles. The van der Waals surface area contributed by atoms with E-state index in [-0.39, 0.29) is 6.04 Å². The van der Waals surface area contributed by atoms with Crippen LogP contribution >= 0.6 is 0 Å². The second-order valence-corrected chi connectivity index (χ2v) is 6.41. The lowest BCUT2D eigenvalue weighted by Crippen LogP contribution is -2.60. The third-order valence-corrected chi connectivity index (χ3v) is 5.51. The number of aliphatic hydroxyl groups is 1. The Morgan fingerprint density at radius 2 is 1.85 bits per heavy atom. The molecule has 3 atom stereocenters. The monoisotopic (exact) mass is 273 g/mol. The number of nitrogens with zero attached hydrogens (tertiary/aromatic N) is 1. The summed E-state index contributed by atoms with van der Waals surface area (Å²) in [7, 11) is 0. The van der Waals surface area contributed by atoms with Crippen LogP contribution in [0.3, 0.4) is 0 Å². The smallest absolute Gasteiger partial charge is 0.112 e. The van der Waals surface area contributed by atoms with Crippen molar-refractivity contribution >= 4 is 0 Å². The first-order valence-electron chi connectivity index (χ1n) is 7.95. The minimum Gasteiger partial charge on any atom is -0.383 e. The number of hydrogen-bond acceptors (Lipinski definition) is 3. The van der Waals surface area contributed by atoms with Crippen LogP contribution in [0, 0.1) is 0 Å². The van der Waals surface area contributed by atoms with Crippen molar-refractivity contribution in [3.63, 3.8) is 0 Å². The number of hydrogen-bond donors (Lipinski definition) is 1. The fraction of sp³-hybridized carbons (Fsp3) is 0.647. The fourth-order valence-corrected chi connectivity index (χ4v) is 4.56. The topological polar surface area (TPSA) is 32.7 Å². The number of rotatable bonds is 1. The van der Waals surface area contributed by atoms with Gasteiger partial charge in [0, 0.05) is 25.0 Å². The Hall–Kier alpha value is -0.900. The van der Waals surface area contributed by atoms with Crippen molar-refractivity contribution in [3.8, 4) is 0 Å². The van der Waals surface area contributed by atoms with E-state index in [4.69, 9.17) is 4.74 Å². The SMILES string of the molecule is O[C@]12c3ccccc3[C@H]1CCCC[C@H]2N1CCOCC1. The molecule has 0 radical (unpaired) electrons. The Morgan fingerprint density at radius 3 is 2.70 bits per heavy atom. The molecule has 1 N–H and O–H groups in total. The van der Waals surface area contributed by atoms with Gasteiger partial charge in [-0.15, -0.1) is 0 Å². The summed E-state index contributed by atoms with van der Waals surface area (Å²) >= 11 is 0. The molecule has 4 rings (SSSR count). The summed E-state index contributed by atoms with van der Waals surface area (Å²) in [6.07, 6.45) is 4.71. The molecule has 2 fully saturated rings. The van der Waals surface area contributed by atoms with Crippen LogP contribution in [0.5, 0.6) is 0 Å². The molecule has 108 valence electrons. The molecular formula is C17H23NO2. The van der Waals surface area contributed by atoms with Gasteiger partial charge in [0.2, 0.25) is 0 Å². The lowest BCUT2D eigenvalue weighted by molar-refractivity contribution is -0.112. The van der Waals surface area contributed by atoms with Crippen LogP contribution in [-0.2, 0) is 10.3 Å². The quantitative estimate of drug-likeness (QED) is 0.852. The van der Waals surface area contributed by atoms with E-state index in [1.807, 2.05) is 0 Å². The maximum atomic E-state index is 11.5. The number of morpholine rings is 1. The van der Waals surface area contributed by atoms with Gasteiger partial charge in [0.15, 0.2) is 0 Å². The van der Waals surface area contributed by atoms with Crippen LogP contribution < -0.4 is 0 Å². The van der Waals surface area contributed by atoms with Gasteiger partial charge < -0.3 is 9.84 Å². The third-order valence-electron chi connectivity index (χ3n) is 5.51. The first-order valence-corrected chi connectivity index (χ1v) is 7.95. The van der Waals surface area contributed by atoms with Crippen LogP contribution in [-0.4, -0.2) is 42.4 Å². The van der Waals surface area contributed by atoms with Gasteiger partial charge in [0.05, 0.1) is 13.2 Å². The van der Waals surface area contributed by atoms with E-state index in [9.17, 15) is 5.11 Å². The molecule has 0 bridgehead atoms. The van der Waals surface area contributed by atoms with Gasteiger partial charge in [-0.1, -0.05) is 37.1 Å². The molecule has 2 aliphatic carbocycles. The van der Waals surface area contributed by atoms with Crippen molar-refractivity contribution in [2.45, 2.75) is 43.2 Å². The number of fused-ring (bicyclic) bond motifs is 4. The zero-order valence-electron chi connectivity index (χ0n) is 11.9. The summed E-state index contributed by atoms with van der Waals surface area (Å²) in [4.78, 5) is 2.47. The molecule has 0 spiro atoms. The average molecular weight is 273 g/mol. The van der Waals surface area contributed by atoms with Gasteiger partial charge in [-0.3, -0.25) is 4.90 Å². The van der Waals surface area contributed by atoms with Crippen LogP contribution in [0.25, 0.3) is 0 Å². The fourth-order valence-electron chi connectivity index (χ4n) is 4.56. The minimum absolute atomic E-state index is 0.272. The second-order valence-electron chi connectivity index (χ2n) is 6.41. The zero-order valence-corrected chi connectivity index (χ0v) is 11.9. The molecule has 3 aliphatic rings. The van der Waals surface area contributed by atoms with E-state index in [2.05, 4.69) is 29.2 Å². The minimum atomic E-state index is -0.621. The van der Waals surface area contributed by atoms with E-state index in [1.165, 1.54) is 24.0 Å². The van der Waals surface area contributed by atoms with Gasteiger partial charge >= 0.3 is 0 Å². The first kappa shape index (κ1) is 12.8. The van der Waals surface area contributed by atoms with Crippen molar-refractivity contribution in [2.24, 2.45) is 0 Å². The predicted octanol–water partition coefficient (Wildman–Crippen LogP) is 2.25. The van der Waals surface area contributed by atoms with Crippen molar-refractivity contribution in [3.05, 3.63) is 35.4 Å². The van der Waals surface area contributed by atoms with Crippen LogP contribution in [0.15, 0.2) is 24.3 Å². The largest absolute Gasteiger partial charge is 0.383 e. The highest BCUT2D eigenvalue weighted by Crippen LogP contribution is 2.57. The van der Waals surface area contributed by atoms with E-state index < -0.39 is 5.60 Å². The second kappa shape index (κ2) is 4.83. The van der Waals surface area contributed by atoms with Crippen molar-refractivity contribution < 1.29 is 9.84 Å². The van der Waals surface area contributed by atoms with E-state index in [1.54, 1.807) is 0 Å². The molecular weight excluding hydrogens is 250 g/mol. The van der Waals surface area contributed by atoms with E-state index >= 15 is 0 Å². The lowest BCUT2D eigenvalue weighted by Gasteiger charge is -2.54. The molecule has 1 saturated carbocycles. The first-order chi connectivity index (χ1) is 9.82. The maximum absolute atomic E-state index is 11.5. The number of ether oxygens (including phenoxy) is 1. The molecule has 0 amide bonds. The molecule has 1 aliphatic heterocycles. The van der Waals surface area contributed by atoms with Crippen molar-refractivity contribution in [1.29, 1.82) is 0 Å². The molecule has 1 saturated heterocycles. The Morgan fingerprint density at radius 1 is 1.10 bits per heavy atom. The highest BCUT2D eigenvalue weighted by molar-refractivity contribution is 5.49. The Bertz CT molecular complexity index is 498. The average Bonchev–Trinajstić information content (AvgIpc) is 2.65. The van der Waals surface area contributed by atoms with Crippen LogP contribution in [0.2, 0.25) is 0 Å². The van der Waals surface area contributed by atoms with Crippen LogP contribution in [0.1, 0.15) is 42.7 Å². The zero-order chi connectivity index (χ0) is 13.6. The van der Waals surface area contributed by atoms with E-state index in [0.717, 1.165) is 39.1 Å². The number of benzene rings is 1. The normalized spacial score (nSPS) is 37.5. The molecule has 3 heteroatoms. The Kier molecular flexibility index (Phi) is 3.09. The van der Waals surface area contributed by atoms with Crippen molar-refractivity contribution in [1.82, 2.24) is 4.90 Å². The predicted molar refractivity (Wildman–Crippen MR) is 77.7 cm³/mol. The summed E-state index contributed by atoms with van der Waals surface area (Å²) in [5.41, 5.74) is 1.95. The summed E-state index contributed by atoms with van der Waals surface area (Å²) in [5.74, 6) is 0.342. The van der Waals surface area contributed by atoms with Gasteiger partial charge in [0.1, 0.15) is 5.60 Å². The molecule has 0 aromatic heterocycles. The van der Waals surface area contributed by atoms with Gasteiger partial charge in [0.25, 0.3) is 0 Å². The summed E-state index contributed by atoms with van der Waals surface area (Å²) in [6.45, 7) is 3.53. The Balaban J connectivity index is 1.71. The summed E-state index contributed by atoms with van der Waals surface area (Å²) in [5, 5.41) is 11.5. The van der Waals surface area contributed by atoms with Gasteiger partial charge in [-0.2, -0.15) is 0 Å². The maximum Gasteiger partial charge on any atom is 0.112 e. The molecule has 3 nitrogen and oxygen atoms in total. The highest BCUT2D eigenvalue weighted by atomic mass is 16.5. The Labute approximate surface area is 120 Å². The molecule has 0 unspecified atom stereocenters. The van der Waals surface area contributed by atoms with E-state index in [0.29, 0.717) is 5.92 Å². The summed E-state index contributed by atoms with van der Waals surface area (Å²) in [6, 6.07) is 8.77.